The van der Waals surface area contributed by atoms with Crippen molar-refractivity contribution in [2.45, 2.75) is 12.2 Å². The third kappa shape index (κ3) is 1.70. The van der Waals surface area contributed by atoms with Crippen LogP contribution in [0.2, 0.25) is 0 Å². The summed E-state index contributed by atoms with van der Waals surface area (Å²) in [4.78, 5) is 10.2. The van der Waals surface area contributed by atoms with Gasteiger partial charge in [-0.3, -0.25) is 0 Å². The number of aryl methyl sites for hydroxylation is 1. The second-order valence-corrected chi connectivity index (χ2v) is 5.82. The molecule has 1 aliphatic heterocycles. The number of nitrogens with zero attached hydrogens (tertiary/aromatic N) is 2. The zero-order valence-corrected chi connectivity index (χ0v) is 10.3. The zero-order valence-electron chi connectivity index (χ0n) is 8.64. The molecule has 2 aromatic heterocycles. The Bertz CT molecular complexity index is 498. The summed E-state index contributed by atoms with van der Waals surface area (Å²) in [6, 6.07) is 3.89. The molecule has 0 aromatic carbocycles. The maximum absolute atomic E-state index is 5.86. The van der Waals surface area contributed by atoms with Gasteiger partial charge in [-0.1, -0.05) is 0 Å². The Morgan fingerprint density at radius 2 is 2.31 bits per heavy atom. The van der Waals surface area contributed by atoms with E-state index in [0.29, 0.717) is 5.82 Å². The SMILES string of the molecule is Nc1ncccc1-c1nc2c(s1)CSCC2. The molecule has 0 fully saturated rings. The van der Waals surface area contributed by atoms with Gasteiger partial charge in [0, 0.05) is 16.8 Å². The number of aromatic nitrogens is 2. The third-order valence-electron chi connectivity index (χ3n) is 2.56. The molecule has 3 rings (SSSR count). The number of nitrogen functional groups attached to an aromatic ring is 1. The van der Waals surface area contributed by atoms with E-state index in [1.54, 1.807) is 17.5 Å². The van der Waals surface area contributed by atoms with Crippen LogP contribution < -0.4 is 5.73 Å². The Morgan fingerprint density at radius 1 is 1.38 bits per heavy atom. The minimum Gasteiger partial charge on any atom is -0.383 e. The number of hydrogen-bond donors (Lipinski definition) is 1. The van der Waals surface area contributed by atoms with Crippen molar-refractivity contribution in [1.29, 1.82) is 0 Å². The second kappa shape index (κ2) is 4.07. The Labute approximate surface area is 102 Å². The van der Waals surface area contributed by atoms with Gasteiger partial charge in [0.25, 0.3) is 0 Å². The summed E-state index contributed by atoms with van der Waals surface area (Å²) in [7, 11) is 0. The van der Waals surface area contributed by atoms with Gasteiger partial charge in [-0.05, 0) is 24.3 Å². The Balaban J connectivity index is 2.07. The van der Waals surface area contributed by atoms with E-state index in [1.165, 1.54) is 16.3 Å². The lowest BCUT2D eigenvalue weighted by Gasteiger charge is -2.06. The molecule has 0 saturated heterocycles. The van der Waals surface area contributed by atoms with Gasteiger partial charge in [-0.15, -0.1) is 11.3 Å². The Morgan fingerprint density at radius 3 is 3.12 bits per heavy atom. The number of rotatable bonds is 1. The fourth-order valence-electron chi connectivity index (χ4n) is 1.74. The van der Waals surface area contributed by atoms with Crippen LogP contribution in [0.5, 0.6) is 0 Å². The van der Waals surface area contributed by atoms with E-state index >= 15 is 0 Å². The highest BCUT2D eigenvalue weighted by atomic mass is 32.2. The maximum atomic E-state index is 5.86. The van der Waals surface area contributed by atoms with Crippen LogP contribution >= 0.6 is 23.1 Å². The smallest absolute Gasteiger partial charge is 0.133 e. The van der Waals surface area contributed by atoms with Crippen molar-refractivity contribution in [3.63, 3.8) is 0 Å². The third-order valence-corrected chi connectivity index (χ3v) is 4.86. The molecule has 0 saturated carbocycles. The summed E-state index contributed by atoms with van der Waals surface area (Å²) in [6.07, 6.45) is 2.79. The predicted octanol–water partition coefficient (Wildman–Crippen LogP) is 2.58. The van der Waals surface area contributed by atoms with E-state index in [1.807, 2.05) is 23.9 Å². The number of hydrogen-bond acceptors (Lipinski definition) is 5. The molecule has 0 atom stereocenters. The second-order valence-electron chi connectivity index (χ2n) is 3.63. The normalized spacial score (nSPS) is 14.8. The van der Waals surface area contributed by atoms with Gasteiger partial charge in [0.2, 0.25) is 0 Å². The minimum absolute atomic E-state index is 0.571. The van der Waals surface area contributed by atoms with E-state index in [0.717, 1.165) is 22.7 Å². The van der Waals surface area contributed by atoms with E-state index in [9.17, 15) is 0 Å². The van der Waals surface area contributed by atoms with Crippen molar-refractivity contribution in [3.8, 4) is 10.6 Å². The number of nitrogens with two attached hydrogens (primary N) is 1. The molecule has 16 heavy (non-hydrogen) atoms. The van der Waals surface area contributed by atoms with Gasteiger partial charge in [-0.25, -0.2) is 9.97 Å². The molecule has 0 aliphatic carbocycles. The molecule has 2 N–H and O–H groups in total. The molecular formula is C11H11N3S2. The average Bonchev–Trinajstić information content (AvgIpc) is 2.73. The van der Waals surface area contributed by atoms with E-state index < -0.39 is 0 Å². The van der Waals surface area contributed by atoms with Crippen molar-refractivity contribution >= 4 is 28.9 Å². The van der Waals surface area contributed by atoms with Gasteiger partial charge in [0.1, 0.15) is 10.8 Å². The monoisotopic (exact) mass is 249 g/mol. The van der Waals surface area contributed by atoms with Crippen molar-refractivity contribution in [2.75, 3.05) is 11.5 Å². The van der Waals surface area contributed by atoms with Crippen LogP contribution in [0.4, 0.5) is 5.82 Å². The lowest BCUT2D eigenvalue weighted by atomic mass is 10.2. The summed E-state index contributed by atoms with van der Waals surface area (Å²) < 4.78 is 0. The lowest BCUT2D eigenvalue weighted by molar-refractivity contribution is 1.03. The van der Waals surface area contributed by atoms with Gasteiger partial charge < -0.3 is 5.73 Å². The van der Waals surface area contributed by atoms with E-state index in [2.05, 4.69) is 9.97 Å². The van der Waals surface area contributed by atoms with Crippen molar-refractivity contribution in [3.05, 3.63) is 28.9 Å². The standard InChI is InChI=1S/C11H11N3S2/c12-10-7(2-1-4-13-10)11-14-8-3-5-15-6-9(8)16-11/h1-2,4H,3,5-6H2,(H2,12,13). The van der Waals surface area contributed by atoms with Crippen LogP contribution in [0.15, 0.2) is 18.3 Å². The van der Waals surface area contributed by atoms with Crippen LogP contribution in [0, 0.1) is 0 Å². The Kier molecular flexibility index (Phi) is 2.57. The number of anilines is 1. The van der Waals surface area contributed by atoms with E-state index in [4.69, 9.17) is 5.73 Å². The molecule has 2 aromatic rings. The van der Waals surface area contributed by atoms with Gasteiger partial charge >= 0.3 is 0 Å². The average molecular weight is 249 g/mol. The van der Waals surface area contributed by atoms with E-state index in [-0.39, 0.29) is 0 Å². The molecule has 0 unspecified atom stereocenters. The molecule has 0 spiro atoms. The topological polar surface area (TPSA) is 51.8 Å². The fraction of sp³-hybridized carbons (Fsp3) is 0.273. The first-order valence-corrected chi connectivity index (χ1v) is 7.09. The first kappa shape index (κ1) is 10.1. The number of fused-ring (bicyclic) bond motifs is 1. The number of thiazole rings is 1. The molecule has 0 amide bonds. The van der Waals surface area contributed by atoms with Crippen LogP contribution in [0.25, 0.3) is 10.6 Å². The quantitative estimate of drug-likeness (QED) is 0.844. The van der Waals surface area contributed by atoms with Crippen LogP contribution in [0.3, 0.4) is 0 Å². The van der Waals surface area contributed by atoms with Gasteiger partial charge in [-0.2, -0.15) is 11.8 Å². The predicted molar refractivity (Wildman–Crippen MR) is 69.6 cm³/mol. The summed E-state index contributed by atoms with van der Waals surface area (Å²) >= 11 is 3.72. The van der Waals surface area contributed by atoms with Crippen LogP contribution in [0.1, 0.15) is 10.6 Å². The summed E-state index contributed by atoms with van der Waals surface area (Å²) in [5.41, 5.74) is 8.08. The van der Waals surface area contributed by atoms with Gasteiger partial charge in [0.15, 0.2) is 0 Å². The van der Waals surface area contributed by atoms with Crippen molar-refractivity contribution < 1.29 is 0 Å². The molecule has 82 valence electrons. The molecule has 5 heteroatoms. The molecule has 3 heterocycles. The minimum atomic E-state index is 0.571. The van der Waals surface area contributed by atoms with Crippen molar-refractivity contribution in [2.24, 2.45) is 0 Å². The summed E-state index contributed by atoms with van der Waals surface area (Å²) in [5.74, 6) is 2.84. The summed E-state index contributed by atoms with van der Waals surface area (Å²) in [5, 5.41) is 1.01. The van der Waals surface area contributed by atoms with Crippen molar-refractivity contribution in [1.82, 2.24) is 9.97 Å². The highest BCUT2D eigenvalue weighted by Crippen LogP contribution is 2.35. The number of pyridine rings is 1. The Hall–Kier alpha value is -1.07. The first-order valence-electron chi connectivity index (χ1n) is 5.12. The molecule has 3 nitrogen and oxygen atoms in total. The van der Waals surface area contributed by atoms with Crippen LogP contribution in [-0.2, 0) is 12.2 Å². The highest BCUT2D eigenvalue weighted by molar-refractivity contribution is 7.98. The lowest BCUT2D eigenvalue weighted by Crippen LogP contribution is -1.99. The largest absolute Gasteiger partial charge is 0.383 e. The molecule has 1 aliphatic rings. The highest BCUT2D eigenvalue weighted by Gasteiger charge is 2.17. The molecular weight excluding hydrogens is 238 g/mol. The zero-order chi connectivity index (χ0) is 11.0. The molecule has 0 radical (unpaired) electrons. The van der Waals surface area contributed by atoms with Crippen LogP contribution in [-0.4, -0.2) is 15.7 Å². The maximum Gasteiger partial charge on any atom is 0.133 e. The molecule has 0 bridgehead atoms. The fourth-order valence-corrected chi connectivity index (χ4v) is 4.00. The van der Waals surface area contributed by atoms with Gasteiger partial charge in [0.05, 0.1) is 11.3 Å². The summed E-state index contributed by atoms with van der Waals surface area (Å²) in [6.45, 7) is 0. The first-order chi connectivity index (χ1) is 7.84. The number of thioether (sulfide) groups is 1.